The lowest BCUT2D eigenvalue weighted by Gasteiger charge is -2.03. The molecule has 82 valence electrons. The Morgan fingerprint density at radius 3 is 2.94 bits per heavy atom. The fourth-order valence-corrected chi connectivity index (χ4v) is 3.32. The second kappa shape index (κ2) is 5.04. The third kappa shape index (κ3) is 2.67. The van der Waals surface area contributed by atoms with Gasteiger partial charge >= 0.3 is 0 Å². The van der Waals surface area contributed by atoms with Crippen LogP contribution in [0.5, 0.6) is 0 Å². The normalized spacial score (nSPS) is 10.6. The number of halogens is 1. The molecule has 0 aliphatic heterocycles. The smallest absolute Gasteiger partial charge is 0.234 e. The van der Waals surface area contributed by atoms with Crippen LogP contribution in [0.2, 0.25) is 0 Å². The van der Waals surface area contributed by atoms with E-state index in [9.17, 15) is 4.79 Å². The van der Waals surface area contributed by atoms with Gasteiger partial charge < -0.3 is 0 Å². The van der Waals surface area contributed by atoms with Gasteiger partial charge in [0.25, 0.3) is 0 Å². The van der Waals surface area contributed by atoms with Crippen LogP contribution in [0.1, 0.15) is 0 Å². The van der Waals surface area contributed by atoms with Crippen LogP contribution in [0.4, 0.5) is 0 Å². The zero-order chi connectivity index (χ0) is 11.5. The zero-order valence-electron chi connectivity index (χ0n) is 8.40. The number of rotatable bonds is 3. The molecule has 16 heavy (non-hydrogen) atoms. The van der Waals surface area contributed by atoms with Crippen molar-refractivity contribution < 1.29 is 0 Å². The van der Waals surface area contributed by atoms with Crippen LogP contribution >= 0.6 is 34.7 Å². The van der Waals surface area contributed by atoms with E-state index in [4.69, 9.17) is 11.6 Å². The van der Waals surface area contributed by atoms with Gasteiger partial charge in [0.1, 0.15) is 0 Å². The summed E-state index contributed by atoms with van der Waals surface area (Å²) >= 11 is 8.54. The van der Waals surface area contributed by atoms with Crippen molar-refractivity contribution >= 4 is 44.8 Å². The largest absolute Gasteiger partial charge is 0.278 e. The lowest BCUT2D eigenvalue weighted by molar-refractivity contribution is 1.53. The van der Waals surface area contributed by atoms with Crippen molar-refractivity contribution in [3.05, 3.63) is 51.5 Å². The van der Waals surface area contributed by atoms with Gasteiger partial charge in [-0.2, -0.15) is 0 Å². The average Bonchev–Trinajstić information content (AvgIpc) is 2.25. The number of thioether (sulfide) groups is 1. The second-order valence-electron chi connectivity index (χ2n) is 3.23. The number of hydrogen-bond donors (Lipinski definition) is 0. The Morgan fingerprint density at radius 1 is 1.44 bits per heavy atom. The maximum atomic E-state index is 11.5. The molecule has 0 spiro atoms. The maximum absolute atomic E-state index is 11.5. The molecule has 1 nitrogen and oxygen atoms in total. The van der Waals surface area contributed by atoms with Crippen LogP contribution < -0.4 is 4.74 Å². The average molecular weight is 269 g/mol. The highest BCUT2D eigenvalue weighted by Crippen LogP contribution is 2.29. The Bertz CT molecular complexity index is 589. The number of benzene rings is 1. The minimum absolute atomic E-state index is 0.0707. The zero-order valence-corrected chi connectivity index (χ0v) is 10.8. The molecule has 0 amide bonds. The molecule has 4 heteroatoms. The van der Waals surface area contributed by atoms with Gasteiger partial charge in [-0.15, -0.1) is 11.8 Å². The molecular formula is C12H9ClOS2. The Morgan fingerprint density at radius 2 is 2.19 bits per heavy atom. The molecule has 1 aromatic heterocycles. The highest BCUT2D eigenvalue weighted by molar-refractivity contribution is 7.99. The predicted octanol–water partition coefficient (Wildman–Crippen LogP) is 4.11. The molecule has 1 heterocycles. The molecule has 1 aromatic carbocycles. The van der Waals surface area contributed by atoms with E-state index in [-0.39, 0.29) is 4.74 Å². The Hall–Kier alpha value is -0.770. The molecule has 0 saturated carbocycles. The topological polar surface area (TPSA) is 17.1 Å². The summed E-state index contributed by atoms with van der Waals surface area (Å²) in [7, 11) is 0. The van der Waals surface area contributed by atoms with Crippen molar-refractivity contribution in [3.63, 3.8) is 0 Å². The van der Waals surface area contributed by atoms with Gasteiger partial charge in [0.2, 0.25) is 4.74 Å². The van der Waals surface area contributed by atoms with Crippen LogP contribution in [-0.4, -0.2) is 5.75 Å². The van der Waals surface area contributed by atoms with Crippen LogP contribution in [0.3, 0.4) is 0 Å². The van der Waals surface area contributed by atoms with Crippen molar-refractivity contribution in [1.29, 1.82) is 0 Å². The summed E-state index contributed by atoms with van der Waals surface area (Å²) in [4.78, 5) is 12.5. The molecule has 0 fully saturated rings. The van der Waals surface area contributed by atoms with Crippen molar-refractivity contribution in [2.24, 2.45) is 0 Å². The first-order valence-corrected chi connectivity index (χ1v) is 6.84. The number of hydrogen-bond acceptors (Lipinski definition) is 3. The van der Waals surface area contributed by atoms with Gasteiger partial charge in [-0.3, -0.25) is 4.79 Å². The molecule has 0 atom stereocenters. The maximum Gasteiger partial charge on any atom is 0.234 e. The van der Waals surface area contributed by atoms with E-state index in [2.05, 4.69) is 6.58 Å². The molecule has 0 radical (unpaired) electrons. The molecular weight excluding hydrogens is 260 g/mol. The molecule has 0 aliphatic rings. The van der Waals surface area contributed by atoms with Crippen LogP contribution in [-0.2, 0) is 0 Å². The lowest BCUT2D eigenvalue weighted by atomic mass is 10.2. The van der Waals surface area contributed by atoms with Crippen molar-refractivity contribution in [1.82, 2.24) is 0 Å². The molecule has 0 aliphatic carbocycles. The summed E-state index contributed by atoms with van der Waals surface area (Å²) < 4.78 is 1.08. The number of fused-ring (bicyclic) bond motifs is 1. The molecule has 0 unspecified atom stereocenters. The molecule has 0 bridgehead atoms. The van der Waals surface area contributed by atoms with Gasteiger partial charge in [0.15, 0.2) is 0 Å². The Kier molecular flexibility index (Phi) is 3.69. The Balaban J connectivity index is 2.50. The summed E-state index contributed by atoms with van der Waals surface area (Å²) in [6, 6.07) is 9.55. The van der Waals surface area contributed by atoms with Crippen LogP contribution in [0.15, 0.2) is 51.6 Å². The minimum Gasteiger partial charge on any atom is -0.278 e. The first-order chi connectivity index (χ1) is 7.66. The summed E-state index contributed by atoms with van der Waals surface area (Å²) in [6.45, 7) is 3.64. The first kappa shape index (κ1) is 11.7. The van der Waals surface area contributed by atoms with Crippen molar-refractivity contribution in [2.45, 2.75) is 4.90 Å². The van der Waals surface area contributed by atoms with Crippen molar-refractivity contribution in [3.8, 4) is 0 Å². The molecule has 0 N–H and O–H groups in total. The molecule has 0 saturated heterocycles. The highest BCUT2D eigenvalue weighted by atomic mass is 35.5. The standard InChI is InChI=1S/C12H9ClOS2/c1-8(13)7-15-11-6-12(14)16-10-5-3-2-4-9(10)11/h2-6H,1,7H2. The Labute approximate surface area is 107 Å². The van der Waals surface area contributed by atoms with E-state index >= 15 is 0 Å². The van der Waals surface area contributed by atoms with E-state index in [0.29, 0.717) is 10.8 Å². The predicted molar refractivity (Wildman–Crippen MR) is 73.8 cm³/mol. The summed E-state index contributed by atoms with van der Waals surface area (Å²) in [5.41, 5.74) is 0. The van der Waals surface area contributed by atoms with E-state index in [1.54, 1.807) is 17.8 Å². The quantitative estimate of drug-likeness (QED) is 0.780. The van der Waals surface area contributed by atoms with Crippen LogP contribution in [0, 0.1) is 0 Å². The van der Waals surface area contributed by atoms with Gasteiger partial charge in [-0.05, 0) is 6.07 Å². The van der Waals surface area contributed by atoms with Crippen molar-refractivity contribution in [2.75, 3.05) is 5.75 Å². The summed E-state index contributed by atoms with van der Waals surface area (Å²) in [5, 5.41) is 1.70. The van der Waals surface area contributed by atoms with E-state index in [0.717, 1.165) is 15.0 Å². The third-order valence-electron chi connectivity index (χ3n) is 2.00. The monoisotopic (exact) mass is 268 g/mol. The highest BCUT2D eigenvalue weighted by Gasteiger charge is 2.04. The first-order valence-electron chi connectivity index (χ1n) is 4.66. The van der Waals surface area contributed by atoms with Gasteiger partial charge in [0, 0.05) is 31.8 Å². The molecule has 2 rings (SSSR count). The van der Waals surface area contributed by atoms with E-state index in [1.165, 1.54) is 11.3 Å². The van der Waals surface area contributed by atoms with E-state index in [1.807, 2.05) is 24.3 Å². The molecule has 2 aromatic rings. The van der Waals surface area contributed by atoms with E-state index < -0.39 is 0 Å². The minimum atomic E-state index is 0.0707. The van der Waals surface area contributed by atoms with Gasteiger partial charge in [-0.25, -0.2) is 0 Å². The second-order valence-corrected chi connectivity index (χ2v) is 5.83. The SMILES string of the molecule is C=C(Cl)CSc1cc(=O)sc2ccccc12. The van der Waals surface area contributed by atoms with Gasteiger partial charge in [0.05, 0.1) is 0 Å². The summed E-state index contributed by atoms with van der Waals surface area (Å²) in [5.74, 6) is 0.625. The van der Waals surface area contributed by atoms with Crippen LogP contribution in [0.25, 0.3) is 10.1 Å². The fourth-order valence-electron chi connectivity index (χ4n) is 1.36. The third-order valence-corrected chi connectivity index (χ3v) is 4.32. The lowest BCUT2D eigenvalue weighted by Crippen LogP contribution is -1.93. The summed E-state index contributed by atoms with van der Waals surface area (Å²) in [6.07, 6.45) is 0. The van der Waals surface area contributed by atoms with Gasteiger partial charge in [-0.1, -0.05) is 47.7 Å². The fraction of sp³-hybridized carbons (Fsp3) is 0.0833.